The fraction of sp³-hybridized carbons (Fsp3) is 0.458. The SMILES string of the molecule is COc1c(-c2cc(NC(=O)[C@H]3CCC[C@@H](NC(=O)OC(C)(C)C)C3)ncc2F)ccc(F)c1F. The lowest BCUT2D eigenvalue weighted by molar-refractivity contribution is -0.121. The van der Waals surface area contributed by atoms with Gasteiger partial charge in [0, 0.05) is 23.1 Å². The van der Waals surface area contributed by atoms with E-state index in [4.69, 9.17) is 9.47 Å². The lowest BCUT2D eigenvalue weighted by Crippen LogP contribution is -2.43. The van der Waals surface area contributed by atoms with Crippen LogP contribution in [0.4, 0.5) is 23.8 Å². The minimum atomic E-state index is -1.24. The predicted molar refractivity (Wildman–Crippen MR) is 120 cm³/mol. The molecule has 1 saturated carbocycles. The highest BCUT2D eigenvalue weighted by Gasteiger charge is 2.30. The summed E-state index contributed by atoms with van der Waals surface area (Å²) in [5.74, 6) is -4.30. The van der Waals surface area contributed by atoms with Crippen LogP contribution >= 0.6 is 0 Å². The van der Waals surface area contributed by atoms with Crippen LogP contribution in [0.3, 0.4) is 0 Å². The molecule has 1 heterocycles. The molecular weight excluding hydrogens is 451 g/mol. The van der Waals surface area contributed by atoms with Crippen molar-refractivity contribution in [3.63, 3.8) is 0 Å². The topological polar surface area (TPSA) is 89.6 Å². The highest BCUT2D eigenvalue weighted by atomic mass is 19.2. The molecular formula is C24H28F3N3O4. The zero-order valence-corrected chi connectivity index (χ0v) is 19.5. The van der Waals surface area contributed by atoms with E-state index in [-0.39, 0.29) is 28.9 Å². The number of amides is 2. The number of rotatable bonds is 5. The fourth-order valence-electron chi connectivity index (χ4n) is 3.92. The molecule has 0 unspecified atom stereocenters. The van der Waals surface area contributed by atoms with Gasteiger partial charge in [-0.3, -0.25) is 4.79 Å². The van der Waals surface area contributed by atoms with E-state index in [1.54, 1.807) is 20.8 Å². The molecule has 0 radical (unpaired) electrons. The Morgan fingerprint density at radius 2 is 1.82 bits per heavy atom. The summed E-state index contributed by atoms with van der Waals surface area (Å²) in [7, 11) is 1.15. The van der Waals surface area contributed by atoms with Gasteiger partial charge in [0.1, 0.15) is 17.2 Å². The molecule has 1 aromatic carbocycles. The maximum atomic E-state index is 14.5. The number of pyridine rings is 1. The average molecular weight is 479 g/mol. The lowest BCUT2D eigenvalue weighted by atomic mass is 9.85. The highest BCUT2D eigenvalue weighted by Crippen LogP contribution is 2.36. The van der Waals surface area contributed by atoms with Crippen LogP contribution in [0.1, 0.15) is 46.5 Å². The first-order chi connectivity index (χ1) is 16.0. The molecule has 184 valence electrons. The van der Waals surface area contributed by atoms with Gasteiger partial charge < -0.3 is 20.1 Å². The summed E-state index contributed by atoms with van der Waals surface area (Å²) in [6.45, 7) is 5.30. The first-order valence-corrected chi connectivity index (χ1v) is 11.0. The van der Waals surface area contributed by atoms with Gasteiger partial charge in [-0.25, -0.2) is 18.6 Å². The highest BCUT2D eigenvalue weighted by molar-refractivity contribution is 5.92. The molecule has 0 aliphatic heterocycles. The number of carbonyl (C=O) groups is 2. The van der Waals surface area contributed by atoms with Crippen LogP contribution in [0, 0.1) is 23.4 Å². The molecule has 1 aromatic heterocycles. The van der Waals surface area contributed by atoms with Crippen molar-refractivity contribution in [1.29, 1.82) is 0 Å². The van der Waals surface area contributed by atoms with Gasteiger partial charge in [0.05, 0.1) is 13.3 Å². The van der Waals surface area contributed by atoms with Gasteiger partial charge in [0.15, 0.2) is 11.6 Å². The molecule has 1 fully saturated rings. The molecule has 2 N–H and O–H groups in total. The normalized spacial score (nSPS) is 18.2. The maximum absolute atomic E-state index is 14.5. The molecule has 3 rings (SSSR count). The second kappa shape index (κ2) is 10.3. The summed E-state index contributed by atoms with van der Waals surface area (Å²) >= 11 is 0. The molecule has 1 aliphatic rings. The Balaban J connectivity index is 1.72. The Morgan fingerprint density at radius 1 is 1.09 bits per heavy atom. The summed E-state index contributed by atoms with van der Waals surface area (Å²) in [6.07, 6.45) is 2.83. The minimum Gasteiger partial charge on any atom is -0.493 e. The third kappa shape index (κ3) is 6.18. The van der Waals surface area contributed by atoms with Gasteiger partial charge in [0.2, 0.25) is 11.7 Å². The second-order valence-electron chi connectivity index (χ2n) is 9.19. The largest absolute Gasteiger partial charge is 0.493 e. The third-order valence-corrected chi connectivity index (χ3v) is 5.42. The molecule has 34 heavy (non-hydrogen) atoms. The molecule has 1 aliphatic carbocycles. The lowest BCUT2D eigenvalue weighted by Gasteiger charge is -2.30. The van der Waals surface area contributed by atoms with Crippen molar-refractivity contribution in [2.75, 3.05) is 12.4 Å². The molecule has 0 spiro atoms. The summed E-state index contributed by atoms with van der Waals surface area (Å²) in [6, 6.07) is 3.07. The van der Waals surface area contributed by atoms with Gasteiger partial charge in [-0.05, 0) is 58.2 Å². The third-order valence-electron chi connectivity index (χ3n) is 5.42. The summed E-state index contributed by atoms with van der Waals surface area (Å²) < 4.78 is 52.3. The number of nitrogens with one attached hydrogen (secondary N) is 2. The Labute approximate surface area is 196 Å². The fourth-order valence-corrected chi connectivity index (χ4v) is 3.92. The standard InChI is InChI=1S/C24H28F3N3O4/c1-24(2,3)34-23(32)29-14-7-5-6-13(10-14)22(31)30-19-11-16(18(26)12-28-19)15-8-9-17(25)20(27)21(15)33-4/h8-9,11-14H,5-7,10H2,1-4H3,(H,29,32)(H,28,30,31)/t13-,14+/m0/s1. The first-order valence-electron chi connectivity index (χ1n) is 11.0. The number of nitrogens with zero attached hydrogens (tertiary/aromatic N) is 1. The number of hydrogen-bond donors (Lipinski definition) is 2. The smallest absolute Gasteiger partial charge is 0.407 e. The number of anilines is 1. The molecule has 7 nitrogen and oxygen atoms in total. The number of benzene rings is 1. The average Bonchev–Trinajstić information content (AvgIpc) is 2.75. The predicted octanol–water partition coefficient (Wildman–Crippen LogP) is 5.20. The maximum Gasteiger partial charge on any atom is 0.407 e. The van der Waals surface area contributed by atoms with E-state index in [1.807, 2.05) is 0 Å². The molecule has 10 heteroatoms. The van der Waals surface area contributed by atoms with Crippen molar-refractivity contribution in [3.05, 3.63) is 41.8 Å². The van der Waals surface area contributed by atoms with Crippen LogP contribution in [0.15, 0.2) is 24.4 Å². The molecule has 0 saturated heterocycles. The van der Waals surface area contributed by atoms with Gasteiger partial charge >= 0.3 is 6.09 Å². The second-order valence-corrected chi connectivity index (χ2v) is 9.19. The quantitative estimate of drug-likeness (QED) is 0.616. The van der Waals surface area contributed by atoms with Crippen molar-refractivity contribution in [3.8, 4) is 16.9 Å². The number of ether oxygens (including phenoxy) is 2. The Morgan fingerprint density at radius 3 is 2.50 bits per heavy atom. The number of halogens is 3. The van der Waals surface area contributed by atoms with Gasteiger partial charge in [-0.1, -0.05) is 6.42 Å². The van der Waals surface area contributed by atoms with Crippen molar-refractivity contribution in [2.24, 2.45) is 5.92 Å². The van der Waals surface area contributed by atoms with E-state index in [0.717, 1.165) is 32.2 Å². The zero-order chi connectivity index (χ0) is 25.0. The van der Waals surface area contributed by atoms with Crippen LogP contribution < -0.4 is 15.4 Å². The number of hydrogen-bond acceptors (Lipinski definition) is 5. The van der Waals surface area contributed by atoms with E-state index in [1.165, 1.54) is 12.1 Å². The van der Waals surface area contributed by atoms with Crippen LogP contribution in [0.2, 0.25) is 0 Å². The Kier molecular flexibility index (Phi) is 7.68. The van der Waals surface area contributed by atoms with Gasteiger partial charge in [-0.15, -0.1) is 0 Å². The van der Waals surface area contributed by atoms with Crippen molar-refractivity contribution in [1.82, 2.24) is 10.3 Å². The van der Waals surface area contributed by atoms with E-state index in [9.17, 15) is 22.8 Å². The first kappa shape index (κ1) is 25.3. The van der Waals surface area contributed by atoms with Crippen LogP contribution in [-0.4, -0.2) is 35.7 Å². The Bertz CT molecular complexity index is 1070. The van der Waals surface area contributed by atoms with E-state index in [0.29, 0.717) is 12.8 Å². The van der Waals surface area contributed by atoms with Gasteiger partial charge in [0.25, 0.3) is 0 Å². The number of methoxy groups -OCH3 is 1. The number of alkyl carbamates (subject to hydrolysis) is 1. The molecule has 2 atom stereocenters. The monoisotopic (exact) mass is 479 g/mol. The van der Waals surface area contributed by atoms with E-state index >= 15 is 0 Å². The molecule has 0 bridgehead atoms. The van der Waals surface area contributed by atoms with E-state index in [2.05, 4.69) is 15.6 Å². The summed E-state index contributed by atoms with van der Waals surface area (Å²) in [5.41, 5.74) is -0.748. The van der Waals surface area contributed by atoms with Crippen LogP contribution in [-0.2, 0) is 9.53 Å². The van der Waals surface area contributed by atoms with Gasteiger partial charge in [-0.2, -0.15) is 4.39 Å². The minimum absolute atomic E-state index is 0.0175. The van der Waals surface area contributed by atoms with Crippen molar-refractivity contribution in [2.45, 2.75) is 58.1 Å². The van der Waals surface area contributed by atoms with Crippen molar-refractivity contribution < 1.29 is 32.2 Å². The summed E-state index contributed by atoms with van der Waals surface area (Å²) in [4.78, 5) is 28.8. The van der Waals surface area contributed by atoms with Crippen LogP contribution in [0.5, 0.6) is 5.75 Å². The molecule has 2 aromatic rings. The Hall–Kier alpha value is -3.30. The zero-order valence-electron chi connectivity index (χ0n) is 19.5. The summed E-state index contributed by atoms with van der Waals surface area (Å²) in [5, 5.41) is 5.45. The molecule has 2 amide bonds. The number of carbonyl (C=O) groups excluding carboxylic acids is 2. The number of aromatic nitrogens is 1. The van der Waals surface area contributed by atoms with Crippen molar-refractivity contribution >= 4 is 17.8 Å². The van der Waals surface area contributed by atoms with E-state index < -0.39 is 40.8 Å². The van der Waals surface area contributed by atoms with Crippen LogP contribution in [0.25, 0.3) is 11.1 Å².